The van der Waals surface area contributed by atoms with Crippen LogP contribution in [-0.2, 0) is 10.3 Å². The third kappa shape index (κ3) is 1.59. The largest absolute Gasteiger partial charge is 0.363 e. The molecule has 1 atom stereocenters. The highest BCUT2D eigenvalue weighted by molar-refractivity contribution is 5.23. The Morgan fingerprint density at radius 2 is 2.38 bits per heavy atom. The van der Waals surface area contributed by atoms with Crippen LogP contribution in [-0.4, -0.2) is 11.6 Å². The van der Waals surface area contributed by atoms with Crippen LogP contribution in [0.25, 0.3) is 0 Å². The molecule has 0 aromatic carbocycles. The van der Waals surface area contributed by atoms with Crippen LogP contribution in [0.2, 0.25) is 0 Å². The summed E-state index contributed by atoms with van der Waals surface area (Å²) in [5.74, 6) is 0. The Morgan fingerprint density at radius 3 is 2.92 bits per heavy atom. The van der Waals surface area contributed by atoms with Crippen molar-refractivity contribution in [3.8, 4) is 0 Å². The van der Waals surface area contributed by atoms with Crippen LogP contribution in [0.3, 0.4) is 0 Å². The Kier molecular flexibility index (Phi) is 2.08. The average molecular weight is 177 g/mol. The van der Waals surface area contributed by atoms with Gasteiger partial charge in [0.2, 0.25) is 0 Å². The molecule has 1 aliphatic rings. The van der Waals surface area contributed by atoms with Crippen molar-refractivity contribution in [2.24, 2.45) is 0 Å². The molecule has 70 valence electrons. The molecule has 0 bridgehead atoms. The van der Waals surface area contributed by atoms with Crippen molar-refractivity contribution in [3.05, 3.63) is 29.6 Å². The molecule has 0 radical (unpaired) electrons. The molecular formula is C11H15NO. The molecule has 2 rings (SSSR count). The van der Waals surface area contributed by atoms with E-state index >= 15 is 0 Å². The molecule has 0 spiro atoms. The topological polar surface area (TPSA) is 25.4 Å². The summed E-state index contributed by atoms with van der Waals surface area (Å²) in [5.41, 5.74) is 2.34. The third-order valence-electron chi connectivity index (χ3n) is 2.53. The summed E-state index contributed by atoms with van der Waals surface area (Å²) in [6, 6.07) is 4.15. The van der Waals surface area contributed by atoms with Crippen molar-refractivity contribution in [1.82, 2.24) is 4.98 Å². The lowest BCUT2D eigenvalue weighted by Crippen LogP contribution is -2.10. The standard InChI is InChI=1S/C11H15NO/c1-3-5-11(8-13-11)10-7-9(2)4-6-12-10/h4,6-7H,3,5,8H2,1-2H3. The highest BCUT2D eigenvalue weighted by Crippen LogP contribution is 2.41. The molecule has 0 amide bonds. The summed E-state index contributed by atoms with van der Waals surface area (Å²) in [6.45, 7) is 5.11. The highest BCUT2D eigenvalue weighted by atomic mass is 16.6. The van der Waals surface area contributed by atoms with Gasteiger partial charge in [-0.05, 0) is 31.0 Å². The quantitative estimate of drug-likeness (QED) is 0.662. The molecule has 0 aliphatic carbocycles. The van der Waals surface area contributed by atoms with E-state index in [9.17, 15) is 0 Å². The van der Waals surface area contributed by atoms with Gasteiger partial charge in [-0.25, -0.2) is 0 Å². The maximum atomic E-state index is 5.52. The summed E-state index contributed by atoms with van der Waals surface area (Å²) in [6.07, 6.45) is 4.10. The minimum atomic E-state index is -0.0270. The Balaban J connectivity index is 2.25. The molecule has 1 fully saturated rings. The summed E-state index contributed by atoms with van der Waals surface area (Å²) >= 11 is 0. The Bertz CT molecular complexity index is 305. The number of ether oxygens (including phenoxy) is 1. The van der Waals surface area contributed by atoms with E-state index in [1.807, 2.05) is 12.3 Å². The Hall–Kier alpha value is -0.890. The van der Waals surface area contributed by atoms with Gasteiger partial charge in [0.25, 0.3) is 0 Å². The van der Waals surface area contributed by atoms with E-state index in [2.05, 4.69) is 24.9 Å². The van der Waals surface area contributed by atoms with Crippen molar-refractivity contribution < 1.29 is 4.74 Å². The van der Waals surface area contributed by atoms with Crippen LogP contribution < -0.4 is 0 Å². The zero-order valence-corrected chi connectivity index (χ0v) is 8.21. The number of hydrogen-bond donors (Lipinski definition) is 0. The molecule has 1 unspecified atom stereocenters. The minimum absolute atomic E-state index is 0.0270. The van der Waals surface area contributed by atoms with Crippen molar-refractivity contribution >= 4 is 0 Å². The van der Waals surface area contributed by atoms with Crippen LogP contribution in [0, 0.1) is 6.92 Å². The second-order valence-corrected chi connectivity index (χ2v) is 3.75. The van der Waals surface area contributed by atoms with Gasteiger partial charge in [0.1, 0.15) is 5.60 Å². The maximum Gasteiger partial charge on any atom is 0.133 e. The molecule has 1 aromatic heterocycles. The van der Waals surface area contributed by atoms with Gasteiger partial charge in [0, 0.05) is 6.20 Å². The first-order valence-electron chi connectivity index (χ1n) is 4.84. The summed E-state index contributed by atoms with van der Waals surface area (Å²) < 4.78 is 5.52. The average Bonchev–Trinajstić information content (AvgIpc) is 2.86. The molecule has 0 N–H and O–H groups in total. The lowest BCUT2D eigenvalue weighted by atomic mass is 9.99. The highest BCUT2D eigenvalue weighted by Gasteiger charge is 2.46. The van der Waals surface area contributed by atoms with Crippen LogP contribution in [0.15, 0.2) is 18.3 Å². The number of nitrogens with zero attached hydrogens (tertiary/aromatic N) is 1. The first-order chi connectivity index (χ1) is 6.27. The number of aryl methyl sites for hydroxylation is 1. The monoisotopic (exact) mass is 177 g/mol. The molecule has 0 saturated carbocycles. The molecule has 2 nitrogen and oxygen atoms in total. The van der Waals surface area contributed by atoms with Crippen LogP contribution in [0.1, 0.15) is 31.0 Å². The van der Waals surface area contributed by atoms with Crippen LogP contribution >= 0.6 is 0 Å². The van der Waals surface area contributed by atoms with E-state index in [-0.39, 0.29) is 5.60 Å². The molecule has 1 aromatic rings. The fraction of sp³-hybridized carbons (Fsp3) is 0.545. The number of pyridine rings is 1. The number of epoxide rings is 1. The van der Waals surface area contributed by atoms with E-state index in [0.717, 1.165) is 25.1 Å². The van der Waals surface area contributed by atoms with E-state index < -0.39 is 0 Å². The van der Waals surface area contributed by atoms with Crippen molar-refractivity contribution in [2.75, 3.05) is 6.61 Å². The second kappa shape index (κ2) is 3.11. The Labute approximate surface area is 78.9 Å². The van der Waals surface area contributed by atoms with Gasteiger partial charge in [-0.3, -0.25) is 4.98 Å². The van der Waals surface area contributed by atoms with Gasteiger partial charge in [-0.15, -0.1) is 0 Å². The van der Waals surface area contributed by atoms with Gasteiger partial charge in [-0.1, -0.05) is 13.3 Å². The zero-order chi connectivity index (χ0) is 9.31. The Morgan fingerprint density at radius 1 is 1.62 bits per heavy atom. The summed E-state index contributed by atoms with van der Waals surface area (Å²) in [7, 11) is 0. The van der Waals surface area contributed by atoms with Gasteiger partial charge < -0.3 is 4.74 Å². The fourth-order valence-electron chi connectivity index (χ4n) is 1.70. The van der Waals surface area contributed by atoms with Gasteiger partial charge in [0.05, 0.1) is 12.3 Å². The zero-order valence-electron chi connectivity index (χ0n) is 8.21. The number of aromatic nitrogens is 1. The SMILES string of the molecule is CCCC1(c2cc(C)ccn2)CO1. The predicted molar refractivity (Wildman–Crippen MR) is 51.5 cm³/mol. The molecule has 1 saturated heterocycles. The van der Waals surface area contributed by atoms with Crippen molar-refractivity contribution in [3.63, 3.8) is 0 Å². The predicted octanol–water partition coefficient (Wildman–Crippen LogP) is 2.42. The fourth-order valence-corrected chi connectivity index (χ4v) is 1.70. The normalized spacial score (nSPS) is 26.0. The van der Waals surface area contributed by atoms with E-state index in [0.29, 0.717) is 0 Å². The molecular weight excluding hydrogens is 162 g/mol. The first kappa shape index (κ1) is 8.70. The summed E-state index contributed by atoms with van der Waals surface area (Å²) in [4.78, 5) is 4.37. The first-order valence-corrected chi connectivity index (χ1v) is 4.84. The molecule has 2 heterocycles. The molecule has 2 heteroatoms. The van der Waals surface area contributed by atoms with E-state index in [1.165, 1.54) is 5.56 Å². The van der Waals surface area contributed by atoms with Gasteiger partial charge in [-0.2, -0.15) is 0 Å². The maximum absolute atomic E-state index is 5.52. The third-order valence-corrected chi connectivity index (χ3v) is 2.53. The lowest BCUT2D eigenvalue weighted by Gasteiger charge is -2.09. The lowest BCUT2D eigenvalue weighted by molar-refractivity contribution is 0.285. The van der Waals surface area contributed by atoms with Crippen LogP contribution in [0.5, 0.6) is 0 Å². The number of hydrogen-bond acceptors (Lipinski definition) is 2. The van der Waals surface area contributed by atoms with Crippen LogP contribution in [0.4, 0.5) is 0 Å². The van der Waals surface area contributed by atoms with Gasteiger partial charge in [0.15, 0.2) is 0 Å². The van der Waals surface area contributed by atoms with Gasteiger partial charge >= 0.3 is 0 Å². The van der Waals surface area contributed by atoms with Crippen molar-refractivity contribution in [1.29, 1.82) is 0 Å². The molecule has 13 heavy (non-hydrogen) atoms. The van der Waals surface area contributed by atoms with Crippen molar-refractivity contribution in [2.45, 2.75) is 32.3 Å². The smallest absolute Gasteiger partial charge is 0.133 e. The van der Waals surface area contributed by atoms with E-state index in [4.69, 9.17) is 4.74 Å². The second-order valence-electron chi connectivity index (χ2n) is 3.75. The minimum Gasteiger partial charge on any atom is -0.363 e. The number of rotatable bonds is 3. The molecule has 1 aliphatic heterocycles. The van der Waals surface area contributed by atoms with E-state index in [1.54, 1.807) is 0 Å². The summed E-state index contributed by atoms with van der Waals surface area (Å²) in [5, 5.41) is 0.